The van der Waals surface area contributed by atoms with Gasteiger partial charge in [0.25, 0.3) is 11.8 Å². The van der Waals surface area contributed by atoms with Crippen LogP contribution in [0.3, 0.4) is 0 Å². The SMILES string of the molecule is O=C(COc1ccc(Cl)cc1C(=O)Nc1ccccc1)NC1CCOc2ccccc21. The minimum absolute atomic E-state index is 0.146. The maximum atomic E-state index is 12.7. The van der Waals surface area contributed by atoms with Gasteiger partial charge in [0.05, 0.1) is 18.2 Å². The van der Waals surface area contributed by atoms with E-state index in [1.54, 1.807) is 24.3 Å². The van der Waals surface area contributed by atoms with E-state index >= 15 is 0 Å². The van der Waals surface area contributed by atoms with Gasteiger partial charge in [-0.15, -0.1) is 0 Å². The van der Waals surface area contributed by atoms with Crippen molar-refractivity contribution in [2.75, 3.05) is 18.5 Å². The van der Waals surface area contributed by atoms with Crippen LogP contribution < -0.4 is 20.1 Å². The summed E-state index contributed by atoms with van der Waals surface area (Å²) >= 11 is 6.08. The molecule has 0 spiro atoms. The van der Waals surface area contributed by atoms with Gasteiger partial charge < -0.3 is 20.1 Å². The lowest BCUT2D eigenvalue weighted by molar-refractivity contribution is -0.124. The Morgan fingerprint density at radius 2 is 1.81 bits per heavy atom. The monoisotopic (exact) mass is 436 g/mol. The molecule has 1 unspecified atom stereocenters. The molecule has 1 atom stereocenters. The summed E-state index contributed by atoms with van der Waals surface area (Å²) in [5, 5.41) is 6.17. The molecule has 6 nitrogen and oxygen atoms in total. The average Bonchev–Trinajstić information content (AvgIpc) is 2.79. The van der Waals surface area contributed by atoms with E-state index in [2.05, 4.69) is 10.6 Å². The number of carbonyl (C=O) groups excluding carboxylic acids is 2. The second-order valence-corrected chi connectivity index (χ2v) is 7.48. The van der Waals surface area contributed by atoms with Gasteiger partial charge in [0.15, 0.2) is 6.61 Å². The van der Waals surface area contributed by atoms with Gasteiger partial charge in [0, 0.05) is 22.7 Å². The molecule has 1 aliphatic heterocycles. The summed E-state index contributed by atoms with van der Waals surface area (Å²) in [5.74, 6) is 0.395. The topological polar surface area (TPSA) is 76.7 Å². The van der Waals surface area contributed by atoms with Crippen molar-refractivity contribution in [3.8, 4) is 11.5 Å². The van der Waals surface area contributed by atoms with Crippen molar-refractivity contribution in [2.24, 2.45) is 0 Å². The molecule has 3 aromatic carbocycles. The normalized spacial score (nSPS) is 14.7. The molecule has 0 fully saturated rings. The van der Waals surface area contributed by atoms with Gasteiger partial charge in [-0.3, -0.25) is 9.59 Å². The largest absolute Gasteiger partial charge is 0.493 e. The number of anilines is 1. The number of benzene rings is 3. The highest BCUT2D eigenvalue weighted by Gasteiger charge is 2.23. The number of amides is 2. The number of halogens is 1. The molecule has 3 aromatic rings. The van der Waals surface area contributed by atoms with E-state index < -0.39 is 0 Å². The molecular formula is C24H21ClN2O4. The Hall–Kier alpha value is -3.51. The summed E-state index contributed by atoms with van der Waals surface area (Å²) in [7, 11) is 0. The molecule has 0 saturated heterocycles. The number of ether oxygens (including phenoxy) is 2. The van der Waals surface area contributed by atoms with Gasteiger partial charge in [-0.25, -0.2) is 0 Å². The second-order valence-electron chi connectivity index (χ2n) is 7.04. The number of carbonyl (C=O) groups is 2. The Balaban J connectivity index is 1.42. The van der Waals surface area contributed by atoms with Crippen molar-refractivity contribution in [2.45, 2.75) is 12.5 Å². The van der Waals surface area contributed by atoms with Crippen LogP contribution in [0.25, 0.3) is 0 Å². The van der Waals surface area contributed by atoms with E-state index in [4.69, 9.17) is 21.1 Å². The summed E-state index contributed by atoms with van der Waals surface area (Å²) in [6, 6.07) is 21.3. The Morgan fingerprint density at radius 3 is 2.65 bits per heavy atom. The Morgan fingerprint density at radius 1 is 1.03 bits per heavy atom. The zero-order valence-corrected chi connectivity index (χ0v) is 17.4. The highest BCUT2D eigenvalue weighted by molar-refractivity contribution is 6.31. The first-order valence-electron chi connectivity index (χ1n) is 9.90. The van der Waals surface area contributed by atoms with Crippen LogP contribution in [0.15, 0.2) is 72.8 Å². The molecule has 0 saturated carbocycles. The summed E-state index contributed by atoms with van der Waals surface area (Å²) in [5.41, 5.74) is 1.84. The molecule has 31 heavy (non-hydrogen) atoms. The minimum atomic E-state index is -0.373. The number of hydrogen-bond acceptors (Lipinski definition) is 4. The Labute approximate surface area is 185 Å². The van der Waals surface area contributed by atoms with Gasteiger partial charge in [-0.2, -0.15) is 0 Å². The zero-order chi connectivity index (χ0) is 21.6. The third-order valence-electron chi connectivity index (χ3n) is 4.87. The summed E-state index contributed by atoms with van der Waals surface area (Å²) in [4.78, 5) is 25.3. The fraction of sp³-hybridized carbons (Fsp3) is 0.167. The average molecular weight is 437 g/mol. The van der Waals surface area contributed by atoms with Crippen LogP contribution in [-0.2, 0) is 4.79 Å². The standard InChI is InChI=1S/C24H21ClN2O4/c25-16-10-11-22(19(14-16)24(29)26-17-6-2-1-3-7-17)31-15-23(28)27-20-12-13-30-21-9-5-4-8-18(20)21/h1-11,14,20H,12-13,15H2,(H,26,29)(H,27,28). The van der Waals surface area contributed by atoms with E-state index in [9.17, 15) is 9.59 Å². The number of nitrogens with one attached hydrogen (secondary N) is 2. The Bertz CT molecular complexity index is 1090. The number of hydrogen-bond donors (Lipinski definition) is 2. The van der Waals surface area contributed by atoms with Gasteiger partial charge in [0.2, 0.25) is 0 Å². The van der Waals surface area contributed by atoms with Crippen LogP contribution in [0.2, 0.25) is 5.02 Å². The fourth-order valence-corrected chi connectivity index (χ4v) is 3.57. The number of fused-ring (bicyclic) bond motifs is 1. The van der Waals surface area contributed by atoms with Crippen molar-refractivity contribution in [3.05, 3.63) is 88.9 Å². The lowest BCUT2D eigenvalue weighted by Gasteiger charge is -2.26. The number of rotatable bonds is 6. The molecular weight excluding hydrogens is 416 g/mol. The third kappa shape index (κ3) is 5.16. The smallest absolute Gasteiger partial charge is 0.259 e. The van der Waals surface area contributed by atoms with E-state index in [1.807, 2.05) is 42.5 Å². The predicted octanol–water partition coefficient (Wildman–Crippen LogP) is 4.61. The van der Waals surface area contributed by atoms with Crippen molar-refractivity contribution < 1.29 is 19.1 Å². The summed E-state index contributed by atoms with van der Waals surface area (Å²) < 4.78 is 11.3. The van der Waals surface area contributed by atoms with Crippen LogP contribution in [-0.4, -0.2) is 25.0 Å². The molecule has 0 aromatic heterocycles. The summed E-state index contributed by atoms with van der Waals surface area (Å²) in [6.07, 6.45) is 0.675. The van der Waals surface area contributed by atoms with Crippen LogP contribution in [0.5, 0.6) is 11.5 Å². The van der Waals surface area contributed by atoms with Crippen LogP contribution in [0.1, 0.15) is 28.4 Å². The van der Waals surface area contributed by atoms with Crippen molar-refractivity contribution in [1.82, 2.24) is 5.32 Å². The maximum Gasteiger partial charge on any atom is 0.259 e. The van der Waals surface area contributed by atoms with Gasteiger partial charge >= 0.3 is 0 Å². The molecule has 2 N–H and O–H groups in total. The van der Waals surface area contributed by atoms with Gasteiger partial charge in [-0.05, 0) is 36.4 Å². The highest BCUT2D eigenvalue weighted by Crippen LogP contribution is 2.31. The summed E-state index contributed by atoms with van der Waals surface area (Å²) in [6.45, 7) is 0.302. The van der Waals surface area contributed by atoms with E-state index in [1.165, 1.54) is 6.07 Å². The molecule has 0 bridgehead atoms. The molecule has 0 aliphatic carbocycles. The van der Waals surface area contributed by atoms with E-state index in [0.717, 1.165) is 11.3 Å². The maximum absolute atomic E-state index is 12.7. The zero-order valence-electron chi connectivity index (χ0n) is 16.6. The lowest BCUT2D eigenvalue weighted by Crippen LogP contribution is -2.35. The Kier molecular flexibility index (Phi) is 6.38. The lowest BCUT2D eigenvalue weighted by atomic mass is 10.0. The quantitative estimate of drug-likeness (QED) is 0.591. The molecule has 2 amide bonds. The molecule has 7 heteroatoms. The molecule has 158 valence electrons. The van der Waals surface area contributed by atoms with Gasteiger partial charge in [0.1, 0.15) is 11.5 Å². The number of para-hydroxylation sites is 2. The fourth-order valence-electron chi connectivity index (χ4n) is 3.40. The first-order chi connectivity index (χ1) is 15.1. The van der Waals surface area contributed by atoms with Gasteiger partial charge in [-0.1, -0.05) is 48.0 Å². The highest BCUT2D eigenvalue weighted by atomic mass is 35.5. The van der Waals surface area contributed by atoms with Crippen LogP contribution in [0.4, 0.5) is 5.69 Å². The van der Waals surface area contributed by atoms with E-state index in [-0.39, 0.29) is 35.8 Å². The predicted molar refractivity (Wildman–Crippen MR) is 119 cm³/mol. The molecule has 1 aliphatic rings. The first-order valence-corrected chi connectivity index (χ1v) is 10.3. The first kappa shape index (κ1) is 20.8. The van der Waals surface area contributed by atoms with Crippen molar-refractivity contribution in [3.63, 3.8) is 0 Å². The van der Waals surface area contributed by atoms with Crippen molar-refractivity contribution in [1.29, 1.82) is 0 Å². The van der Waals surface area contributed by atoms with Crippen LogP contribution >= 0.6 is 11.6 Å². The van der Waals surface area contributed by atoms with Crippen LogP contribution in [0, 0.1) is 0 Å². The van der Waals surface area contributed by atoms with E-state index in [0.29, 0.717) is 23.7 Å². The van der Waals surface area contributed by atoms with Crippen molar-refractivity contribution >= 4 is 29.1 Å². The molecule has 0 radical (unpaired) electrons. The minimum Gasteiger partial charge on any atom is -0.493 e. The molecule has 4 rings (SSSR count). The second kappa shape index (κ2) is 9.53. The third-order valence-corrected chi connectivity index (χ3v) is 5.11. The molecule has 1 heterocycles.